The first kappa shape index (κ1) is 27.2. The summed E-state index contributed by atoms with van der Waals surface area (Å²) in [5.74, 6) is -1.50. The fourth-order valence-corrected chi connectivity index (χ4v) is 6.88. The van der Waals surface area contributed by atoms with Gasteiger partial charge in [-0.25, -0.2) is 23.7 Å². The van der Waals surface area contributed by atoms with Crippen LogP contribution in [0.1, 0.15) is 47.8 Å². The molecule has 3 fully saturated rings. The van der Waals surface area contributed by atoms with Crippen LogP contribution in [-0.2, 0) is 14.9 Å². The van der Waals surface area contributed by atoms with Crippen LogP contribution < -0.4 is 10.2 Å². The van der Waals surface area contributed by atoms with Gasteiger partial charge in [-0.3, -0.25) is 14.5 Å². The highest BCUT2D eigenvalue weighted by Crippen LogP contribution is 2.60. The number of benzene rings is 1. The number of hydrogen-bond donors (Lipinski definition) is 1. The molecule has 42 heavy (non-hydrogen) atoms. The lowest BCUT2D eigenvalue weighted by Gasteiger charge is -2.42. The summed E-state index contributed by atoms with van der Waals surface area (Å²) in [6.07, 6.45) is 5.58. The van der Waals surface area contributed by atoms with Gasteiger partial charge < -0.3 is 15.0 Å². The van der Waals surface area contributed by atoms with Gasteiger partial charge in [-0.2, -0.15) is 0 Å². The molecule has 1 aliphatic carbocycles. The molecule has 12 heteroatoms. The lowest BCUT2D eigenvalue weighted by molar-refractivity contribution is -0.138. The van der Waals surface area contributed by atoms with Crippen LogP contribution in [-0.4, -0.2) is 70.6 Å². The van der Waals surface area contributed by atoms with Crippen molar-refractivity contribution in [1.29, 1.82) is 0 Å². The molecule has 3 aliphatic heterocycles. The number of nitrogens with zero attached hydrogens (tertiary/aromatic N) is 5. The van der Waals surface area contributed by atoms with Crippen LogP contribution in [0.15, 0.2) is 42.7 Å². The van der Waals surface area contributed by atoms with Gasteiger partial charge in [-0.15, -0.1) is 0 Å². The lowest BCUT2D eigenvalue weighted by Crippen LogP contribution is -2.58. The summed E-state index contributed by atoms with van der Waals surface area (Å²) in [4.78, 5) is 42.9. The molecule has 0 unspecified atom stereocenters. The first-order valence-electron chi connectivity index (χ1n) is 14.1. The topological polar surface area (TPSA) is 101 Å². The quantitative estimate of drug-likeness (QED) is 0.472. The Morgan fingerprint density at radius 3 is 2.69 bits per heavy atom. The number of aromatic nitrogens is 3. The number of fused-ring (bicyclic) bond motifs is 1. The molecule has 2 saturated heterocycles. The molecule has 1 spiro atoms. The average Bonchev–Trinajstić information content (AvgIpc) is 3.66. The van der Waals surface area contributed by atoms with Gasteiger partial charge in [-0.05, 0) is 49.8 Å². The minimum atomic E-state index is -1.22. The molecule has 4 aliphatic rings. The number of pyridine rings is 1. The number of carbonyl (C=O) groups excluding carboxylic acids is 2. The van der Waals surface area contributed by atoms with E-state index in [0.717, 1.165) is 32.5 Å². The van der Waals surface area contributed by atoms with E-state index in [2.05, 4.69) is 15.3 Å². The molecule has 9 nitrogen and oxygen atoms in total. The normalized spacial score (nSPS) is 24.8. The van der Waals surface area contributed by atoms with Crippen LogP contribution in [0.5, 0.6) is 0 Å². The fourth-order valence-electron chi connectivity index (χ4n) is 6.71. The van der Waals surface area contributed by atoms with E-state index in [4.69, 9.17) is 21.3 Å². The van der Waals surface area contributed by atoms with Gasteiger partial charge in [0.25, 0.3) is 5.91 Å². The largest absolute Gasteiger partial charge is 0.381 e. The van der Waals surface area contributed by atoms with E-state index in [0.29, 0.717) is 18.8 Å². The number of ether oxygens (including phenoxy) is 1. The number of hydrogen-bond acceptors (Lipinski definition) is 7. The van der Waals surface area contributed by atoms with Gasteiger partial charge in [-0.1, -0.05) is 23.7 Å². The van der Waals surface area contributed by atoms with Gasteiger partial charge in [0.1, 0.15) is 5.82 Å². The van der Waals surface area contributed by atoms with Crippen LogP contribution in [0.3, 0.4) is 0 Å². The van der Waals surface area contributed by atoms with E-state index in [-0.39, 0.29) is 57.7 Å². The van der Waals surface area contributed by atoms with Crippen LogP contribution in [0.25, 0.3) is 0 Å². The van der Waals surface area contributed by atoms with Gasteiger partial charge in [0.2, 0.25) is 11.9 Å². The third-order valence-electron chi connectivity index (χ3n) is 9.30. The summed E-state index contributed by atoms with van der Waals surface area (Å²) in [5, 5.41) is 3.20. The molecule has 218 valence electrons. The van der Waals surface area contributed by atoms with E-state index in [9.17, 15) is 14.0 Å². The second kappa shape index (κ2) is 9.95. The van der Waals surface area contributed by atoms with Crippen molar-refractivity contribution >= 4 is 35.2 Å². The molecule has 0 bridgehead atoms. The third-order valence-corrected chi connectivity index (χ3v) is 9.60. The van der Waals surface area contributed by atoms with Crippen LogP contribution in [0.2, 0.25) is 5.02 Å². The number of nitrogens with one attached hydrogen (secondary N) is 1. The Bertz CT molecular complexity index is 1590. The maximum Gasteiger partial charge on any atom is 0.263 e. The maximum absolute atomic E-state index is 15.5. The second-order valence-electron chi connectivity index (χ2n) is 11.9. The molecule has 7 rings (SSSR count). The molecule has 1 N–H and O–H groups in total. The predicted molar refractivity (Wildman–Crippen MR) is 150 cm³/mol. The summed E-state index contributed by atoms with van der Waals surface area (Å²) in [5.41, 5.74) is -0.479. The minimum absolute atomic E-state index is 0.0658. The molecule has 5 heterocycles. The summed E-state index contributed by atoms with van der Waals surface area (Å²) in [6.45, 7) is 4.10. The lowest BCUT2D eigenvalue weighted by atomic mass is 9.74. The van der Waals surface area contributed by atoms with Crippen molar-refractivity contribution in [3.8, 4) is 0 Å². The number of likely N-dealkylation sites (tertiary alicyclic amines) is 1. The summed E-state index contributed by atoms with van der Waals surface area (Å²) < 4.78 is 35.8. The van der Waals surface area contributed by atoms with Crippen molar-refractivity contribution in [2.75, 3.05) is 43.1 Å². The monoisotopic (exact) mass is 594 g/mol. The van der Waals surface area contributed by atoms with Gasteiger partial charge in [0.05, 0.1) is 27.7 Å². The molecule has 0 radical (unpaired) electrons. The van der Waals surface area contributed by atoms with Crippen molar-refractivity contribution in [3.05, 3.63) is 76.2 Å². The van der Waals surface area contributed by atoms with E-state index in [1.54, 1.807) is 19.1 Å². The smallest absolute Gasteiger partial charge is 0.263 e. The van der Waals surface area contributed by atoms with Crippen LogP contribution in [0, 0.1) is 23.0 Å². The van der Waals surface area contributed by atoms with Crippen molar-refractivity contribution < 1.29 is 23.1 Å². The number of amides is 2. The number of anilines is 2. The first-order valence-corrected chi connectivity index (χ1v) is 14.5. The molecular formula is C30H29ClF2N6O3. The standard InChI is InChI=1S/C30H29ClF2N6O3/c1-29(19-4-2-5-21(31)23(19)33)16-39(25-22(32)6-3-9-34-25)26(40)18-13-35-28(37-24(18)29)36-17-14-38(15-17)27(41)20-12-30(20)7-10-42-11-8-30/h2-6,9,13,17,20H,7-8,10-12,14-16H2,1H3,(H,35,36,37)/t20-,29+/m0/s1. The Hall–Kier alpha value is -3.70. The number of rotatable bonds is 5. The van der Waals surface area contributed by atoms with E-state index in [1.807, 2.05) is 4.90 Å². The molecule has 2 atom stereocenters. The van der Waals surface area contributed by atoms with Crippen LogP contribution in [0.4, 0.5) is 20.5 Å². The first-order chi connectivity index (χ1) is 20.2. The summed E-state index contributed by atoms with van der Waals surface area (Å²) in [7, 11) is 0. The van der Waals surface area contributed by atoms with E-state index < -0.39 is 23.0 Å². The van der Waals surface area contributed by atoms with Crippen molar-refractivity contribution in [2.45, 2.75) is 37.6 Å². The van der Waals surface area contributed by atoms with Crippen LogP contribution >= 0.6 is 11.6 Å². The average molecular weight is 595 g/mol. The summed E-state index contributed by atoms with van der Waals surface area (Å²) >= 11 is 6.16. The zero-order valence-electron chi connectivity index (χ0n) is 22.9. The van der Waals surface area contributed by atoms with Gasteiger partial charge in [0.15, 0.2) is 11.6 Å². The number of carbonyl (C=O) groups is 2. The SMILES string of the molecule is C[C@]1(c2cccc(Cl)c2F)CN(c2ncccc2F)C(=O)c2cnc(NC3CN(C(=O)[C@@H]4CC45CCOCC5)C3)nc21. The minimum Gasteiger partial charge on any atom is -0.381 e. The maximum atomic E-state index is 15.5. The van der Waals surface area contributed by atoms with E-state index >= 15 is 4.39 Å². The Balaban J connectivity index is 1.15. The molecule has 1 aromatic carbocycles. The zero-order chi connectivity index (χ0) is 29.2. The highest BCUT2D eigenvalue weighted by Gasteiger charge is 2.59. The van der Waals surface area contributed by atoms with Crippen molar-refractivity contribution in [3.63, 3.8) is 0 Å². The Morgan fingerprint density at radius 1 is 1.14 bits per heavy atom. The Morgan fingerprint density at radius 2 is 1.93 bits per heavy atom. The van der Waals surface area contributed by atoms with Crippen molar-refractivity contribution in [1.82, 2.24) is 19.9 Å². The summed E-state index contributed by atoms with van der Waals surface area (Å²) in [6, 6.07) is 7.23. The number of halogens is 3. The van der Waals surface area contributed by atoms with Gasteiger partial charge in [0, 0.05) is 56.7 Å². The molecule has 1 saturated carbocycles. The van der Waals surface area contributed by atoms with Crippen molar-refractivity contribution in [2.24, 2.45) is 11.3 Å². The molecular weight excluding hydrogens is 566 g/mol. The highest BCUT2D eigenvalue weighted by atomic mass is 35.5. The third kappa shape index (κ3) is 4.32. The molecule has 2 aromatic heterocycles. The second-order valence-corrected chi connectivity index (χ2v) is 12.3. The zero-order valence-corrected chi connectivity index (χ0v) is 23.7. The van der Waals surface area contributed by atoms with Gasteiger partial charge >= 0.3 is 0 Å². The molecule has 3 aromatic rings. The fraction of sp³-hybridized carbons (Fsp3) is 0.433. The van der Waals surface area contributed by atoms with E-state index in [1.165, 1.54) is 35.5 Å². The Kier molecular flexibility index (Phi) is 6.43. The highest BCUT2D eigenvalue weighted by molar-refractivity contribution is 6.30. The predicted octanol–water partition coefficient (Wildman–Crippen LogP) is 4.21. The Labute approximate surface area is 246 Å². The molecule has 2 amide bonds.